The lowest BCUT2D eigenvalue weighted by Gasteiger charge is -2.14. The van der Waals surface area contributed by atoms with E-state index in [0.29, 0.717) is 21.4 Å². The predicted molar refractivity (Wildman–Crippen MR) is 116 cm³/mol. The van der Waals surface area contributed by atoms with E-state index in [0.717, 1.165) is 11.4 Å². The van der Waals surface area contributed by atoms with Crippen molar-refractivity contribution in [2.75, 3.05) is 5.32 Å². The highest BCUT2D eigenvalue weighted by Crippen LogP contribution is 2.24. The molecule has 0 aliphatic heterocycles. The second kappa shape index (κ2) is 9.91. The number of ether oxygens (including phenoxy) is 1. The first kappa shape index (κ1) is 20.6. The number of hydrogen-bond acceptors (Lipinski definition) is 5. The third-order valence-corrected chi connectivity index (χ3v) is 4.45. The van der Waals surface area contributed by atoms with Gasteiger partial charge in [0.2, 0.25) is 0 Å². The maximum absolute atomic E-state index is 12.3. The zero-order valence-corrected chi connectivity index (χ0v) is 17.0. The Morgan fingerprint density at radius 3 is 2.48 bits per heavy atom. The smallest absolute Gasteiger partial charge is 0.262 e. The monoisotopic (exact) mass is 428 g/mol. The van der Waals surface area contributed by atoms with Crippen LogP contribution in [0.15, 0.2) is 72.1 Å². The van der Waals surface area contributed by atoms with Gasteiger partial charge in [0.25, 0.3) is 5.91 Å². The van der Waals surface area contributed by atoms with Gasteiger partial charge in [-0.3, -0.25) is 9.78 Å². The Kier molecular flexibility index (Phi) is 7.05. The third-order valence-electron chi connectivity index (χ3n) is 3.85. The molecule has 1 amide bonds. The molecule has 1 aromatic heterocycles. The molecule has 0 saturated heterocycles. The minimum absolute atomic E-state index is 0.322. The highest BCUT2D eigenvalue weighted by atomic mass is 35.5. The summed E-state index contributed by atoms with van der Waals surface area (Å²) in [5.41, 5.74) is 3.68. The standard InChI is InChI=1S/C21H18Cl2N4O2/c1-14(21(28)27-25-11-18-19(22)12-24-13-20(18)23)26-15-6-5-9-17(10-15)29-16-7-3-2-4-8-16/h2-14,26H,1H3,(H,27,28). The van der Waals surface area contributed by atoms with Gasteiger partial charge in [0.1, 0.15) is 17.5 Å². The molecule has 1 atom stereocenters. The van der Waals surface area contributed by atoms with E-state index in [1.165, 1.54) is 18.6 Å². The second-order valence-corrected chi connectivity index (χ2v) is 6.87. The molecule has 0 saturated carbocycles. The lowest BCUT2D eigenvalue weighted by Crippen LogP contribution is -2.34. The van der Waals surface area contributed by atoms with E-state index >= 15 is 0 Å². The number of hydrazone groups is 1. The minimum atomic E-state index is -0.539. The van der Waals surface area contributed by atoms with E-state index in [1.54, 1.807) is 6.92 Å². The van der Waals surface area contributed by atoms with Crippen LogP contribution in [0, 0.1) is 0 Å². The average molecular weight is 429 g/mol. The second-order valence-electron chi connectivity index (χ2n) is 6.06. The fraction of sp³-hybridized carbons (Fsp3) is 0.0952. The molecule has 2 aromatic carbocycles. The van der Waals surface area contributed by atoms with Crippen molar-refractivity contribution in [2.24, 2.45) is 5.10 Å². The average Bonchev–Trinajstić information content (AvgIpc) is 2.71. The highest BCUT2D eigenvalue weighted by molar-refractivity contribution is 6.38. The molecule has 29 heavy (non-hydrogen) atoms. The van der Waals surface area contributed by atoms with Crippen LogP contribution in [0.1, 0.15) is 12.5 Å². The van der Waals surface area contributed by atoms with Gasteiger partial charge in [-0.15, -0.1) is 0 Å². The van der Waals surface area contributed by atoms with Gasteiger partial charge in [0.15, 0.2) is 0 Å². The number of halogens is 2. The first-order chi connectivity index (χ1) is 14.0. The Morgan fingerprint density at radius 1 is 1.07 bits per heavy atom. The Labute approximate surface area is 178 Å². The van der Waals surface area contributed by atoms with Crippen molar-refractivity contribution in [3.8, 4) is 11.5 Å². The maximum atomic E-state index is 12.3. The van der Waals surface area contributed by atoms with Gasteiger partial charge >= 0.3 is 0 Å². The molecular formula is C21H18Cl2N4O2. The van der Waals surface area contributed by atoms with E-state index in [4.69, 9.17) is 27.9 Å². The van der Waals surface area contributed by atoms with Crippen LogP contribution in [0.5, 0.6) is 11.5 Å². The zero-order valence-electron chi connectivity index (χ0n) is 15.5. The first-order valence-corrected chi connectivity index (χ1v) is 9.50. The maximum Gasteiger partial charge on any atom is 0.262 e. The Hall–Kier alpha value is -3.09. The van der Waals surface area contributed by atoms with Gasteiger partial charge in [0, 0.05) is 29.7 Å². The largest absolute Gasteiger partial charge is 0.457 e. The quantitative estimate of drug-likeness (QED) is 0.403. The summed E-state index contributed by atoms with van der Waals surface area (Å²) in [5, 5.41) is 7.71. The molecule has 6 nitrogen and oxygen atoms in total. The summed E-state index contributed by atoms with van der Waals surface area (Å²) < 4.78 is 5.80. The Morgan fingerprint density at radius 2 is 1.76 bits per heavy atom. The molecule has 0 aliphatic rings. The topological polar surface area (TPSA) is 75.6 Å². The van der Waals surface area contributed by atoms with Gasteiger partial charge in [-0.2, -0.15) is 5.10 Å². The number of para-hydroxylation sites is 1. The third kappa shape index (κ3) is 5.94. The van der Waals surface area contributed by atoms with Crippen molar-refractivity contribution in [2.45, 2.75) is 13.0 Å². The van der Waals surface area contributed by atoms with Crippen LogP contribution in [0.2, 0.25) is 10.0 Å². The van der Waals surface area contributed by atoms with Gasteiger partial charge in [-0.25, -0.2) is 5.43 Å². The minimum Gasteiger partial charge on any atom is -0.457 e. The molecule has 8 heteroatoms. The number of amides is 1. The number of benzene rings is 2. The molecule has 1 unspecified atom stereocenters. The number of anilines is 1. The zero-order chi connectivity index (χ0) is 20.6. The van der Waals surface area contributed by atoms with Crippen molar-refractivity contribution in [1.29, 1.82) is 0 Å². The highest BCUT2D eigenvalue weighted by Gasteiger charge is 2.12. The van der Waals surface area contributed by atoms with E-state index in [2.05, 4.69) is 20.8 Å². The van der Waals surface area contributed by atoms with Crippen molar-refractivity contribution >= 4 is 41.0 Å². The van der Waals surface area contributed by atoms with Gasteiger partial charge in [-0.1, -0.05) is 47.5 Å². The fourth-order valence-electron chi connectivity index (χ4n) is 2.39. The summed E-state index contributed by atoms with van der Waals surface area (Å²) in [6.45, 7) is 1.72. The molecule has 0 fully saturated rings. The van der Waals surface area contributed by atoms with Crippen LogP contribution in [-0.2, 0) is 4.79 Å². The van der Waals surface area contributed by atoms with E-state index < -0.39 is 6.04 Å². The van der Waals surface area contributed by atoms with Crippen LogP contribution < -0.4 is 15.5 Å². The molecule has 1 heterocycles. The number of nitrogens with zero attached hydrogens (tertiary/aromatic N) is 2. The van der Waals surface area contributed by atoms with E-state index in [9.17, 15) is 4.79 Å². The van der Waals surface area contributed by atoms with Gasteiger partial charge in [-0.05, 0) is 31.2 Å². The summed E-state index contributed by atoms with van der Waals surface area (Å²) in [6, 6.07) is 16.3. The number of carbonyl (C=O) groups excluding carboxylic acids is 1. The molecule has 2 N–H and O–H groups in total. The lowest BCUT2D eigenvalue weighted by molar-refractivity contribution is -0.121. The number of rotatable bonds is 7. The molecule has 3 aromatic rings. The number of carbonyl (C=O) groups is 1. The molecule has 0 spiro atoms. The fourth-order valence-corrected chi connectivity index (χ4v) is 2.85. The number of aromatic nitrogens is 1. The van der Waals surface area contributed by atoms with E-state index in [-0.39, 0.29) is 5.91 Å². The lowest BCUT2D eigenvalue weighted by atomic mass is 10.2. The van der Waals surface area contributed by atoms with Crippen molar-refractivity contribution in [3.05, 3.63) is 82.6 Å². The van der Waals surface area contributed by atoms with Crippen LogP contribution >= 0.6 is 23.2 Å². The van der Waals surface area contributed by atoms with Crippen molar-refractivity contribution in [1.82, 2.24) is 10.4 Å². The molecule has 0 radical (unpaired) electrons. The number of nitrogens with one attached hydrogen (secondary N) is 2. The van der Waals surface area contributed by atoms with Gasteiger partial charge < -0.3 is 10.1 Å². The summed E-state index contributed by atoms with van der Waals surface area (Å²) in [5.74, 6) is 1.07. The molecule has 0 aliphatic carbocycles. The van der Waals surface area contributed by atoms with Gasteiger partial charge in [0.05, 0.1) is 16.3 Å². The van der Waals surface area contributed by atoms with Crippen LogP contribution in [0.25, 0.3) is 0 Å². The van der Waals surface area contributed by atoms with Crippen molar-refractivity contribution in [3.63, 3.8) is 0 Å². The molecule has 148 valence electrons. The summed E-state index contributed by atoms with van der Waals surface area (Å²) in [4.78, 5) is 16.1. The van der Waals surface area contributed by atoms with Crippen LogP contribution in [0.3, 0.4) is 0 Å². The van der Waals surface area contributed by atoms with Crippen molar-refractivity contribution < 1.29 is 9.53 Å². The molecular weight excluding hydrogens is 411 g/mol. The number of hydrogen-bond donors (Lipinski definition) is 2. The normalized spacial score (nSPS) is 11.8. The summed E-state index contributed by atoms with van der Waals surface area (Å²) in [6.07, 6.45) is 4.28. The van der Waals surface area contributed by atoms with E-state index in [1.807, 2.05) is 54.6 Å². The predicted octanol–water partition coefficient (Wildman–Crippen LogP) is 5.13. The molecule has 0 bridgehead atoms. The Bertz CT molecular complexity index is 992. The summed E-state index contributed by atoms with van der Waals surface area (Å²) >= 11 is 12.0. The van der Waals surface area contributed by atoms with Crippen LogP contribution in [-0.4, -0.2) is 23.1 Å². The van der Waals surface area contributed by atoms with Crippen LogP contribution in [0.4, 0.5) is 5.69 Å². The Balaban J connectivity index is 1.58. The first-order valence-electron chi connectivity index (χ1n) is 8.74. The number of pyridine rings is 1. The summed E-state index contributed by atoms with van der Waals surface area (Å²) in [7, 11) is 0. The molecule has 3 rings (SSSR count). The SMILES string of the molecule is CC(Nc1cccc(Oc2ccccc2)c1)C(=O)NN=Cc1c(Cl)cncc1Cl.